The quantitative estimate of drug-likeness (QED) is 0.895. The zero-order valence-electron chi connectivity index (χ0n) is 15.5. The van der Waals surface area contributed by atoms with Crippen molar-refractivity contribution in [3.05, 3.63) is 35.2 Å². The van der Waals surface area contributed by atoms with Crippen molar-refractivity contribution < 1.29 is 14.6 Å². The monoisotopic (exact) mass is 355 g/mol. The topological polar surface area (TPSA) is 75.6 Å². The largest absolute Gasteiger partial charge is 0.393 e. The summed E-state index contributed by atoms with van der Waals surface area (Å²) < 4.78 is 5.84. The van der Waals surface area contributed by atoms with Crippen molar-refractivity contribution in [1.29, 1.82) is 0 Å². The SMILES string of the molecule is CO[C@@]12CC[C@H](O)C[C@@H]1N(C(=O)c1ccc3nc(C)c(C)nc3c1)CC2. The van der Waals surface area contributed by atoms with Crippen molar-refractivity contribution in [3.63, 3.8) is 0 Å². The van der Waals surface area contributed by atoms with Crippen LogP contribution >= 0.6 is 0 Å². The van der Waals surface area contributed by atoms with Crippen molar-refractivity contribution in [2.75, 3.05) is 13.7 Å². The number of benzene rings is 1. The van der Waals surface area contributed by atoms with E-state index in [4.69, 9.17) is 4.74 Å². The number of carbonyl (C=O) groups excluding carboxylic acids is 1. The van der Waals surface area contributed by atoms with E-state index in [1.165, 1.54) is 0 Å². The Labute approximate surface area is 153 Å². The van der Waals surface area contributed by atoms with Gasteiger partial charge in [0.1, 0.15) is 0 Å². The first-order valence-corrected chi connectivity index (χ1v) is 9.23. The van der Waals surface area contributed by atoms with Crippen LogP contribution in [0.5, 0.6) is 0 Å². The lowest BCUT2D eigenvalue weighted by atomic mass is 9.79. The number of aliphatic hydroxyl groups is 1. The van der Waals surface area contributed by atoms with Crippen LogP contribution in [-0.4, -0.2) is 57.3 Å². The average molecular weight is 355 g/mol. The fraction of sp³-hybridized carbons (Fsp3) is 0.550. The molecule has 2 fully saturated rings. The second-order valence-corrected chi connectivity index (χ2v) is 7.56. The summed E-state index contributed by atoms with van der Waals surface area (Å²) in [6.45, 7) is 4.51. The van der Waals surface area contributed by atoms with Crippen LogP contribution in [-0.2, 0) is 4.74 Å². The molecule has 2 aromatic rings. The van der Waals surface area contributed by atoms with E-state index in [0.29, 0.717) is 18.5 Å². The second-order valence-electron chi connectivity index (χ2n) is 7.56. The molecule has 1 aliphatic heterocycles. The van der Waals surface area contributed by atoms with E-state index >= 15 is 0 Å². The van der Waals surface area contributed by atoms with Gasteiger partial charge in [0, 0.05) is 19.2 Å². The number of carbonyl (C=O) groups is 1. The van der Waals surface area contributed by atoms with Gasteiger partial charge < -0.3 is 14.7 Å². The molecule has 4 rings (SSSR count). The molecule has 0 unspecified atom stereocenters. The predicted molar refractivity (Wildman–Crippen MR) is 98.1 cm³/mol. The van der Waals surface area contributed by atoms with Gasteiger partial charge in [-0.1, -0.05) is 0 Å². The van der Waals surface area contributed by atoms with Crippen LogP contribution in [0.15, 0.2) is 18.2 Å². The highest BCUT2D eigenvalue weighted by atomic mass is 16.5. The van der Waals surface area contributed by atoms with Gasteiger partial charge in [0.05, 0.1) is 40.2 Å². The molecule has 1 aromatic heterocycles. The van der Waals surface area contributed by atoms with Gasteiger partial charge in [-0.15, -0.1) is 0 Å². The molecule has 0 radical (unpaired) electrons. The van der Waals surface area contributed by atoms with Gasteiger partial charge in [-0.2, -0.15) is 0 Å². The van der Waals surface area contributed by atoms with E-state index < -0.39 is 0 Å². The van der Waals surface area contributed by atoms with Crippen LogP contribution in [0.3, 0.4) is 0 Å². The summed E-state index contributed by atoms with van der Waals surface area (Å²) >= 11 is 0. The normalized spacial score (nSPS) is 28.4. The average Bonchev–Trinajstić information content (AvgIpc) is 3.01. The molecule has 0 spiro atoms. The van der Waals surface area contributed by atoms with Crippen molar-refractivity contribution in [2.45, 2.75) is 57.3 Å². The number of ether oxygens (including phenoxy) is 1. The molecule has 1 saturated heterocycles. The highest BCUT2D eigenvalue weighted by Crippen LogP contribution is 2.43. The first kappa shape index (κ1) is 17.4. The number of aromatic nitrogens is 2. The second kappa shape index (κ2) is 6.28. The van der Waals surface area contributed by atoms with E-state index in [2.05, 4.69) is 9.97 Å². The summed E-state index contributed by atoms with van der Waals surface area (Å²) in [5.41, 5.74) is 3.60. The third-order valence-electron chi connectivity index (χ3n) is 6.15. The molecule has 2 aliphatic rings. The van der Waals surface area contributed by atoms with Gasteiger partial charge in [0.15, 0.2) is 0 Å². The van der Waals surface area contributed by atoms with E-state index in [0.717, 1.165) is 41.7 Å². The fourth-order valence-electron chi connectivity index (χ4n) is 4.45. The van der Waals surface area contributed by atoms with Crippen molar-refractivity contribution in [3.8, 4) is 0 Å². The number of hydrogen-bond acceptors (Lipinski definition) is 5. The van der Waals surface area contributed by atoms with Crippen LogP contribution in [0.25, 0.3) is 11.0 Å². The molecule has 1 amide bonds. The highest BCUT2D eigenvalue weighted by Gasteiger charge is 2.52. The maximum absolute atomic E-state index is 13.2. The van der Waals surface area contributed by atoms with E-state index in [9.17, 15) is 9.90 Å². The van der Waals surface area contributed by atoms with Crippen LogP contribution in [0, 0.1) is 13.8 Å². The molecule has 1 aromatic carbocycles. The van der Waals surface area contributed by atoms with Crippen LogP contribution in [0.1, 0.15) is 47.4 Å². The highest BCUT2D eigenvalue weighted by molar-refractivity contribution is 5.97. The smallest absolute Gasteiger partial charge is 0.254 e. The summed E-state index contributed by atoms with van der Waals surface area (Å²) in [5, 5.41) is 10.1. The van der Waals surface area contributed by atoms with E-state index in [1.54, 1.807) is 7.11 Å². The lowest BCUT2D eigenvalue weighted by molar-refractivity contribution is -0.0824. The summed E-state index contributed by atoms with van der Waals surface area (Å²) in [6.07, 6.45) is 2.55. The molecule has 6 nitrogen and oxygen atoms in total. The Kier molecular flexibility index (Phi) is 4.20. The van der Waals surface area contributed by atoms with Gasteiger partial charge in [0.25, 0.3) is 5.91 Å². The van der Waals surface area contributed by atoms with Gasteiger partial charge in [-0.3, -0.25) is 4.79 Å². The van der Waals surface area contributed by atoms with Gasteiger partial charge in [-0.25, -0.2) is 9.97 Å². The molecule has 2 heterocycles. The molecule has 1 aliphatic carbocycles. The summed E-state index contributed by atoms with van der Waals surface area (Å²) in [4.78, 5) is 24.2. The number of hydrogen-bond donors (Lipinski definition) is 1. The van der Waals surface area contributed by atoms with Crippen LogP contribution in [0.4, 0.5) is 0 Å². The zero-order valence-corrected chi connectivity index (χ0v) is 15.5. The Bertz CT molecular complexity index is 869. The molecule has 0 bridgehead atoms. The first-order valence-electron chi connectivity index (χ1n) is 9.23. The fourth-order valence-corrected chi connectivity index (χ4v) is 4.45. The molecule has 3 atom stereocenters. The molecular weight excluding hydrogens is 330 g/mol. The number of nitrogens with zero attached hydrogens (tertiary/aromatic N) is 3. The van der Waals surface area contributed by atoms with Gasteiger partial charge in [-0.05, 0) is 57.7 Å². The van der Waals surface area contributed by atoms with Crippen molar-refractivity contribution >= 4 is 16.9 Å². The third kappa shape index (κ3) is 2.68. The van der Waals surface area contributed by atoms with Crippen molar-refractivity contribution in [2.24, 2.45) is 0 Å². The Hall–Kier alpha value is -2.05. The number of aryl methyl sites for hydroxylation is 2. The Balaban J connectivity index is 1.67. The first-order chi connectivity index (χ1) is 12.4. The third-order valence-corrected chi connectivity index (χ3v) is 6.15. The summed E-state index contributed by atoms with van der Waals surface area (Å²) in [7, 11) is 1.72. The number of aliphatic hydroxyl groups excluding tert-OH is 1. The maximum Gasteiger partial charge on any atom is 0.254 e. The van der Waals surface area contributed by atoms with Gasteiger partial charge >= 0.3 is 0 Å². The molecular formula is C20H25N3O3. The number of methoxy groups -OCH3 is 1. The van der Waals surface area contributed by atoms with E-state index in [-0.39, 0.29) is 23.7 Å². The lowest BCUT2D eigenvalue weighted by Crippen LogP contribution is -2.52. The Morgan fingerprint density at radius 2 is 1.96 bits per heavy atom. The maximum atomic E-state index is 13.2. The molecule has 6 heteroatoms. The molecule has 26 heavy (non-hydrogen) atoms. The molecule has 1 N–H and O–H groups in total. The Morgan fingerprint density at radius 1 is 1.23 bits per heavy atom. The Morgan fingerprint density at radius 3 is 2.69 bits per heavy atom. The minimum absolute atomic E-state index is 0.0232. The number of amides is 1. The van der Waals surface area contributed by atoms with Crippen LogP contribution in [0.2, 0.25) is 0 Å². The standard InChI is InChI=1S/C20H25N3O3/c1-12-13(2)22-17-10-14(4-5-16(17)21-12)19(25)23-9-8-20(26-3)7-6-15(24)11-18(20)23/h4-5,10,15,18,24H,6-9,11H2,1-3H3/t15-,18-,20+/m0/s1. The predicted octanol–water partition coefficient (Wildman–Crippen LogP) is 2.39. The molecule has 1 saturated carbocycles. The number of fused-ring (bicyclic) bond motifs is 2. The summed E-state index contributed by atoms with van der Waals surface area (Å²) in [6, 6.07) is 5.42. The zero-order chi connectivity index (χ0) is 18.5. The lowest BCUT2D eigenvalue weighted by Gasteiger charge is -2.42. The van der Waals surface area contributed by atoms with Gasteiger partial charge in [0.2, 0.25) is 0 Å². The molecule has 138 valence electrons. The number of rotatable bonds is 2. The minimum Gasteiger partial charge on any atom is -0.393 e. The van der Waals surface area contributed by atoms with Crippen molar-refractivity contribution in [1.82, 2.24) is 14.9 Å². The summed E-state index contributed by atoms with van der Waals surface area (Å²) in [5.74, 6) is -0.0232. The van der Waals surface area contributed by atoms with E-state index in [1.807, 2.05) is 36.9 Å². The van der Waals surface area contributed by atoms with Crippen LogP contribution < -0.4 is 0 Å². The minimum atomic E-state index is -0.371. The number of likely N-dealkylation sites (tertiary alicyclic amines) is 1.